The van der Waals surface area contributed by atoms with Crippen LogP contribution in [0.2, 0.25) is 5.02 Å². The number of amides is 1. The first-order valence-electron chi connectivity index (χ1n) is 10.7. The highest BCUT2D eigenvalue weighted by Gasteiger charge is 2.38. The van der Waals surface area contributed by atoms with Crippen LogP contribution in [-0.2, 0) is 21.9 Å². The van der Waals surface area contributed by atoms with Crippen molar-refractivity contribution in [3.8, 4) is 11.5 Å². The summed E-state index contributed by atoms with van der Waals surface area (Å²) < 4.78 is 41.6. The second-order valence-corrected chi connectivity index (χ2v) is 11.3. The molecule has 1 aliphatic heterocycles. The number of benzene rings is 3. The second kappa shape index (κ2) is 9.16. The molecule has 0 saturated heterocycles. The number of fused-ring (bicyclic) bond motifs is 2. The molecule has 0 radical (unpaired) electrons. The predicted octanol–water partition coefficient (Wildman–Crippen LogP) is 3.86. The Morgan fingerprint density at radius 1 is 1.14 bits per heavy atom. The summed E-state index contributed by atoms with van der Waals surface area (Å²) in [5.41, 5.74) is 1.45. The van der Waals surface area contributed by atoms with Crippen molar-refractivity contribution in [2.75, 3.05) is 23.3 Å². The van der Waals surface area contributed by atoms with E-state index in [1.54, 1.807) is 43.4 Å². The van der Waals surface area contributed by atoms with Gasteiger partial charge in [0.25, 0.3) is 15.9 Å². The molecule has 9 nitrogen and oxygen atoms in total. The molecule has 186 valence electrons. The van der Waals surface area contributed by atoms with E-state index in [0.29, 0.717) is 21.2 Å². The quantitative estimate of drug-likeness (QED) is 0.408. The molecule has 12 heteroatoms. The van der Waals surface area contributed by atoms with E-state index < -0.39 is 22.0 Å². The Kier molecular flexibility index (Phi) is 6.15. The van der Waals surface area contributed by atoms with Gasteiger partial charge in [0.05, 0.1) is 34.5 Å². The van der Waals surface area contributed by atoms with Gasteiger partial charge in [-0.25, -0.2) is 8.42 Å². The van der Waals surface area contributed by atoms with E-state index in [2.05, 4.69) is 5.32 Å². The summed E-state index contributed by atoms with van der Waals surface area (Å²) in [4.78, 5) is 25.0. The number of sulfonamides is 1. The molecule has 1 aliphatic rings. The number of aryl methyl sites for hydroxylation is 1. The van der Waals surface area contributed by atoms with Crippen molar-refractivity contribution in [1.29, 1.82) is 0 Å². The van der Waals surface area contributed by atoms with Crippen molar-refractivity contribution in [3.05, 3.63) is 75.4 Å². The number of hydrogen-bond donors (Lipinski definition) is 1. The van der Waals surface area contributed by atoms with E-state index in [1.807, 2.05) is 0 Å². The molecular weight excluding hydrogens is 526 g/mol. The van der Waals surface area contributed by atoms with Gasteiger partial charge in [-0.05, 0) is 60.7 Å². The second-order valence-electron chi connectivity index (χ2n) is 8.03. The van der Waals surface area contributed by atoms with Gasteiger partial charge in [-0.2, -0.15) is 0 Å². The van der Waals surface area contributed by atoms with Crippen LogP contribution in [0.25, 0.3) is 10.2 Å². The molecule has 4 aromatic rings. The lowest BCUT2D eigenvalue weighted by atomic mass is 10.2. The lowest BCUT2D eigenvalue weighted by Crippen LogP contribution is -2.48. The van der Waals surface area contributed by atoms with Gasteiger partial charge in [0.15, 0.2) is 6.10 Å². The van der Waals surface area contributed by atoms with Crippen LogP contribution in [0.15, 0.2) is 70.4 Å². The van der Waals surface area contributed by atoms with Gasteiger partial charge in [-0.1, -0.05) is 22.9 Å². The summed E-state index contributed by atoms with van der Waals surface area (Å²) in [5.74, 6) is 0.185. The number of hydrogen-bond acceptors (Lipinski definition) is 7. The summed E-state index contributed by atoms with van der Waals surface area (Å²) in [6.45, 7) is -0.269. The molecule has 0 unspecified atom stereocenters. The van der Waals surface area contributed by atoms with Crippen molar-refractivity contribution in [2.45, 2.75) is 11.0 Å². The predicted molar refractivity (Wildman–Crippen MR) is 139 cm³/mol. The van der Waals surface area contributed by atoms with Gasteiger partial charge in [0.2, 0.25) is 0 Å². The van der Waals surface area contributed by atoms with E-state index in [0.717, 1.165) is 21.2 Å². The first kappa shape index (κ1) is 24.2. The number of halogens is 1. The van der Waals surface area contributed by atoms with Crippen LogP contribution in [-0.4, -0.2) is 38.7 Å². The van der Waals surface area contributed by atoms with E-state index in [-0.39, 0.29) is 27.8 Å². The van der Waals surface area contributed by atoms with Crippen molar-refractivity contribution < 1.29 is 22.7 Å². The Labute approximate surface area is 215 Å². The Bertz CT molecular complexity index is 1650. The van der Waals surface area contributed by atoms with Crippen LogP contribution in [0.4, 0.5) is 11.4 Å². The van der Waals surface area contributed by atoms with Crippen molar-refractivity contribution in [3.63, 3.8) is 0 Å². The van der Waals surface area contributed by atoms with E-state index >= 15 is 0 Å². The molecule has 1 N–H and O–H groups in total. The lowest BCUT2D eigenvalue weighted by molar-refractivity contribution is -0.122. The van der Waals surface area contributed by atoms with Crippen molar-refractivity contribution in [2.24, 2.45) is 7.05 Å². The molecule has 0 saturated carbocycles. The number of carbonyl (C=O) groups excluding carboxylic acids is 1. The van der Waals surface area contributed by atoms with Crippen LogP contribution in [0, 0.1) is 0 Å². The summed E-state index contributed by atoms with van der Waals surface area (Å²) >= 11 is 7.22. The summed E-state index contributed by atoms with van der Waals surface area (Å²) in [7, 11) is -0.898. The molecule has 0 fully saturated rings. The Hall–Kier alpha value is -3.54. The maximum Gasteiger partial charge on any atom is 0.307 e. The number of ether oxygens (including phenoxy) is 2. The van der Waals surface area contributed by atoms with Gasteiger partial charge in [0.1, 0.15) is 11.5 Å². The molecule has 1 atom stereocenters. The normalized spacial score (nSPS) is 15.3. The zero-order valence-electron chi connectivity index (χ0n) is 19.1. The third-order valence-corrected chi connectivity index (χ3v) is 8.81. The first-order chi connectivity index (χ1) is 17.2. The van der Waals surface area contributed by atoms with Crippen LogP contribution < -0.4 is 24.0 Å². The number of nitrogens with zero attached hydrogens (tertiary/aromatic N) is 2. The molecule has 0 spiro atoms. The minimum absolute atomic E-state index is 0.0275. The smallest absolute Gasteiger partial charge is 0.307 e. The van der Waals surface area contributed by atoms with Crippen LogP contribution in [0.1, 0.15) is 0 Å². The van der Waals surface area contributed by atoms with Gasteiger partial charge >= 0.3 is 4.87 Å². The van der Waals surface area contributed by atoms with Gasteiger partial charge in [-0.3, -0.25) is 13.9 Å². The number of methoxy groups -OCH3 is 1. The average molecular weight is 546 g/mol. The van der Waals surface area contributed by atoms with E-state index in [9.17, 15) is 18.0 Å². The number of thiazole rings is 1. The SMILES string of the molecule is COc1ccc(S(=O)(=O)N2C[C@@H](C(=O)Nc3ccc4c(c3)sc(=O)n4C)Oc3ccc(Cl)cc32)cc1. The Morgan fingerprint density at radius 3 is 2.61 bits per heavy atom. The van der Waals surface area contributed by atoms with Gasteiger partial charge in [-0.15, -0.1) is 0 Å². The molecule has 1 aromatic heterocycles. The molecular formula is C24H20ClN3O6S2. The number of nitrogens with one attached hydrogen (secondary N) is 1. The minimum Gasteiger partial charge on any atom is -0.497 e. The fourth-order valence-electron chi connectivity index (χ4n) is 3.90. The topological polar surface area (TPSA) is 107 Å². The zero-order chi connectivity index (χ0) is 25.6. The monoisotopic (exact) mass is 545 g/mol. The third kappa shape index (κ3) is 4.29. The molecule has 36 heavy (non-hydrogen) atoms. The van der Waals surface area contributed by atoms with Gasteiger partial charge in [0, 0.05) is 17.8 Å². The minimum atomic E-state index is -4.06. The van der Waals surface area contributed by atoms with Crippen LogP contribution in [0.3, 0.4) is 0 Å². The summed E-state index contributed by atoms with van der Waals surface area (Å²) in [6, 6.07) is 15.6. The third-order valence-electron chi connectivity index (χ3n) is 5.79. The largest absolute Gasteiger partial charge is 0.497 e. The van der Waals surface area contributed by atoms with Crippen LogP contribution in [0.5, 0.6) is 11.5 Å². The molecule has 1 amide bonds. The summed E-state index contributed by atoms with van der Waals surface area (Å²) in [5, 5.41) is 3.09. The number of carbonyl (C=O) groups is 1. The maximum atomic E-state index is 13.6. The van der Waals surface area contributed by atoms with E-state index in [4.69, 9.17) is 21.1 Å². The Morgan fingerprint density at radius 2 is 1.89 bits per heavy atom. The fraction of sp³-hybridized carbons (Fsp3) is 0.167. The standard InChI is InChI=1S/C24H20ClN3O6S2/c1-27-18-9-4-15(12-22(18)35-24(27)30)26-23(29)21-13-28(19-11-14(25)3-10-20(19)34-21)36(31,32)17-7-5-16(33-2)6-8-17/h3-12,21H,13H2,1-2H3,(H,26,29)/t21-/m0/s1. The molecule has 5 rings (SSSR count). The summed E-state index contributed by atoms with van der Waals surface area (Å²) in [6.07, 6.45) is -1.14. The fourth-order valence-corrected chi connectivity index (χ4v) is 6.45. The first-order valence-corrected chi connectivity index (χ1v) is 13.3. The van der Waals surface area contributed by atoms with E-state index in [1.165, 1.54) is 35.9 Å². The van der Waals surface area contributed by atoms with Crippen molar-refractivity contribution in [1.82, 2.24) is 4.57 Å². The maximum absolute atomic E-state index is 13.6. The number of aromatic nitrogens is 1. The highest BCUT2D eigenvalue weighted by atomic mass is 35.5. The molecule has 0 bridgehead atoms. The molecule has 0 aliphatic carbocycles. The number of rotatable bonds is 5. The zero-order valence-corrected chi connectivity index (χ0v) is 21.5. The average Bonchev–Trinajstić information content (AvgIpc) is 3.15. The van der Waals surface area contributed by atoms with Crippen molar-refractivity contribution >= 4 is 60.5 Å². The number of anilines is 2. The van der Waals surface area contributed by atoms with Gasteiger partial charge < -0.3 is 19.4 Å². The molecule has 3 aromatic carbocycles. The van der Waals surface area contributed by atoms with Crippen LogP contribution >= 0.6 is 22.9 Å². The highest BCUT2D eigenvalue weighted by Crippen LogP contribution is 2.39. The lowest BCUT2D eigenvalue weighted by Gasteiger charge is -2.34. The highest BCUT2D eigenvalue weighted by molar-refractivity contribution is 7.92. The Balaban J connectivity index is 1.47. The molecule has 2 heterocycles.